The molecule has 6 nitrogen and oxygen atoms in total. The van der Waals surface area contributed by atoms with E-state index < -0.39 is 17.7 Å². The van der Waals surface area contributed by atoms with Crippen LogP contribution in [0.3, 0.4) is 0 Å². The highest BCUT2D eigenvalue weighted by Gasteiger charge is 2.47. The van der Waals surface area contributed by atoms with Crippen LogP contribution in [-0.2, 0) is 9.59 Å². The predicted molar refractivity (Wildman–Crippen MR) is 139 cm³/mol. The zero-order valence-electron chi connectivity index (χ0n) is 20.5. The molecule has 0 aliphatic carbocycles. The smallest absolute Gasteiger partial charge is 0.300 e. The lowest BCUT2D eigenvalue weighted by molar-refractivity contribution is -0.132. The third kappa shape index (κ3) is 4.78. The van der Waals surface area contributed by atoms with E-state index in [9.17, 15) is 14.7 Å². The van der Waals surface area contributed by atoms with Crippen LogP contribution >= 0.6 is 0 Å². The molecule has 1 atom stereocenters. The van der Waals surface area contributed by atoms with Gasteiger partial charge in [-0.15, -0.1) is 0 Å². The fourth-order valence-corrected chi connectivity index (χ4v) is 4.25. The van der Waals surface area contributed by atoms with Gasteiger partial charge in [0.15, 0.2) is 0 Å². The first-order valence-electron chi connectivity index (χ1n) is 11.7. The van der Waals surface area contributed by atoms with Crippen molar-refractivity contribution in [3.63, 3.8) is 0 Å². The molecule has 0 radical (unpaired) electrons. The average Bonchev–Trinajstić information content (AvgIpc) is 3.13. The Labute approximate surface area is 206 Å². The van der Waals surface area contributed by atoms with E-state index in [0.717, 1.165) is 23.2 Å². The van der Waals surface area contributed by atoms with Crippen molar-refractivity contribution < 1.29 is 19.4 Å². The molecule has 1 amide bonds. The van der Waals surface area contributed by atoms with E-state index in [1.54, 1.807) is 24.3 Å². The first kappa shape index (κ1) is 24.1. The molecule has 1 aliphatic rings. The molecule has 0 saturated carbocycles. The summed E-state index contributed by atoms with van der Waals surface area (Å²) in [6.07, 6.45) is 0.886. The summed E-state index contributed by atoms with van der Waals surface area (Å²) in [6.45, 7) is 4.57. The van der Waals surface area contributed by atoms with Gasteiger partial charge in [-0.3, -0.25) is 14.5 Å². The number of carbonyl (C=O) groups excluding carboxylic acids is 2. The Morgan fingerprint density at radius 3 is 2.29 bits per heavy atom. The van der Waals surface area contributed by atoms with Crippen molar-refractivity contribution in [2.45, 2.75) is 26.3 Å². The van der Waals surface area contributed by atoms with E-state index in [4.69, 9.17) is 4.74 Å². The van der Waals surface area contributed by atoms with Gasteiger partial charge in [0.05, 0.1) is 18.2 Å². The molecule has 3 aromatic rings. The minimum Gasteiger partial charge on any atom is -0.507 e. The van der Waals surface area contributed by atoms with Gasteiger partial charge in [0, 0.05) is 31.0 Å². The summed E-state index contributed by atoms with van der Waals surface area (Å²) in [7, 11) is 3.87. The van der Waals surface area contributed by atoms with Gasteiger partial charge in [-0.05, 0) is 67.4 Å². The van der Waals surface area contributed by atoms with Crippen LogP contribution in [0.25, 0.3) is 5.76 Å². The van der Waals surface area contributed by atoms with Crippen LogP contribution in [0.15, 0.2) is 78.4 Å². The van der Waals surface area contributed by atoms with E-state index >= 15 is 0 Å². The van der Waals surface area contributed by atoms with Gasteiger partial charge in [-0.2, -0.15) is 0 Å². The normalized spacial score (nSPS) is 17.0. The molecule has 180 valence electrons. The summed E-state index contributed by atoms with van der Waals surface area (Å²) in [6, 6.07) is 21.3. The quantitative estimate of drug-likeness (QED) is 0.281. The summed E-state index contributed by atoms with van der Waals surface area (Å²) in [4.78, 5) is 30.1. The molecule has 0 aromatic heterocycles. The number of hydrogen-bond acceptors (Lipinski definition) is 5. The van der Waals surface area contributed by atoms with Crippen molar-refractivity contribution in [1.82, 2.24) is 0 Å². The SMILES string of the molecule is CCCOc1ccc(/C(O)=C2/C(=O)C(=O)N(c3ccc(N(C)C)cc3)C2c2cccc(C)c2)cc1. The lowest BCUT2D eigenvalue weighted by Crippen LogP contribution is -2.29. The second-order valence-electron chi connectivity index (χ2n) is 8.87. The Hall–Kier alpha value is -4.06. The van der Waals surface area contributed by atoms with Gasteiger partial charge in [0.1, 0.15) is 11.5 Å². The van der Waals surface area contributed by atoms with Gasteiger partial charge in [-0.25, -0.2) is 0 Å². The molecule has 1 aliphatic heterocycles. The molecular formula is C29H30N2O4. The molecule has 3 aromatic carbocycles. The second-order valence-corrected chi connectivity index (χ2v) is 8.87. The molecule has 4 rings (SSSR count). The number of ketones is 1. The molecule has 1 fully saturated rings. The minimum absolute atomic E-state index is 0.0690. The Bertz CT molecular complexity index is 1260. The maximum Gasteiger partial charge on any atom is 0.300 e. The highest BCUT2D eigenvalue weighted by molar-refractivity contribution is 6.51. The molecule has 1 saturated heterocycles. The van der Waals surface area contributed by atoms with Gasteiger partial charge < -0.3 is 14.7 Å². The largest absolute Gasteiger partial charge is 0.507 e. The van der Waals surface area contributed by atoms with Crippen molar-refractivity contribution in [3.05, 3.63) is 95.1 Å². The van der Waals surface area contributed by atoms with E-state index in [-0.39, 0.29) is 11.3 Å². The van der Waals surface area contributed by atoms with Gasteiger partial charge >= 0.3 is 0 Å². The molecule has 35 heavy (non-hydrogen) atoms. The lowest BCUT2D eigenvalue weighted by atomic mass is 9.94. The van der Waals surface area contributed by atoms with E-state index in [0.29, 0.717) is 23.6 Å². The maximum atomic E-state index is 13.3. The number of amides is 1. The number of rotatable bonds is 7. The first-order chi connectivity index (χ1) is 16.8. The predicted octanol–water partition coefficient (Wildman–Crippen LogP) is 5.48. The average molecular weight is 471 g/mol. The Morgan fingerprint density at radius 2 is 1.69 bits per heavy atom. The van der Waals surface area contributed by atoms with E-state index in [1.165, 1.54) is 4.90 Å². The van der Waals surface area contributed by atoms with Gasteiger partial charge in [0.25, 0.3) is 11.7 Å². The second kappa shape index (κ2) is 10.1. The molecule has 1 N–H and O–H groups in total. The molecule has 0 bridgehead atoms. The highest BCUT2D eigenvalue weighted by Crippen LogP contribution is 2.42. The number of anilines is 2. The molecule has 6 heteroatoms. The van der Waals surface area contributed by atoms with Crippen molar-refractivity contribution in [2.24, 2.45) is 0 Å². The number of carbonyl (C=O) groups is 2. The number of ether oxygens (including phenoxy) is 1. The standard InChI is InChI=1S/C29H30N2O4/c1-5-17-35-24-15-9-20(10-16-24)27(32)25-26(21-8-6-7-19(2)18-21)31(29(34)28(25)33)23-13-11-22(12-14-23)30(3)4/h6-16,18,26,32H,5,17H2,1-4H3/b27-25-. The number of aliphatic hydroxyl groups is 1. The third-order valence-electron chi connectivity index (χ3n) is 6.05. The number of benzene rings is 3. The summed E-state index contributed by atoms with van der Waals surface area (Å²) in [5, 5.41) is 11.3. The number of hydrogen-bond donors (Lipinski definition) is 1. The Kier molecular flexibility index (Phi) is 6.92. The number of Topliss-reactive ketones (excluding diaryl/α,β-unsaturated/α-hetero) is 1. The van der Waals surface area contributed by atoms with Crippen molar-refractivity contribution in [3.8, 4) is 5.75 Å². The molecule has 0 spiro atoms. The summed E-state index contributed by atoms with van der Waals surface area (Å²) < 4.78 is 5.63. The first-order valence-corrected chi connectivity index (χ1v) is 11.7. The fourth-order valence-electron chi connectivity index (χ4n) is 4.25. The topological polar surface area (TPSA) is 70.1 Å². The summed E-state index contributed by atoms with van der Waals surface area (Å²) in [5.41, 5.74) is 3.83. The summed E-state index contributed by atoms with van der Waals surface area (Å²) in [5.74, 6) is -0.903. The van der Waals surface area contributed by atoms with Crippen LogP contribution in [0.2, 0.25) is 0 Å². The zero-order chi connectivity index (χ0) is 25.1. The number of aliphatic hydroxyl groups excluding tert-OH is 1. The molecule has 1 heterocycles. The van der Waals surface area contributed by atoms with Crippen LogP contribution in [0.4, 0.5) is 11.4 Å². The van der Waals surface area contributed by atoms with Crippen LogP contribution < -0.4 is 14.5 Å². The highest BCUT2D eigenvalue weighted by atomic mass is 16.5. The molecular weight excluding hydrogens is 440 g/mol. The van der Waals surface area contributed by atoms with Crippen LogP contribution in [0.5, 0.6) is 5.75 Å². The molecule has 1 unspecified atom stereocenters. The Balaban J connectivity index is 1.83. The van der Waals surface area contributed by atoms with E-state index in [2.05, 4.69) is 0 Å². The minimum atomic E-state index is -0.754. The summed E-state index contributed by atoms with van der Waals surface area (Å²) >= 11 is 0. The van der Waals surface area contributed by atoms with Crippen LogP contribution in [0.1, 0.15) is 36.1 Å². The van der Waals surface area contributed by atoms with Crippen molar-refractivity contribution >= 4 is 28.8 Å². The van der Waals surface area contributed by atoms with Crippen LogP contribution in [0, 0.1) is 6.92 Å². The van der Waals surface area contributed by atoms with Gasteiger partial charge in [0.2, 0.25) is 0 Å². The number of aryl methyl sites for hydroxylation is 1. The van der Waals surface area contributed by atoms with Gasteiger partial charge in [-0.1, -0.05) is 36.8 Å². The lowest BCUT2D eigenvalue weighted by Gasteiger charge is -2.26. The number of nitrogens with zero attached hydrogens (tertiary/aromatic N) is 2. The maximum absolute atomic E-state index is 13.3. The monoisotopic (exact) mass is 470 g/mol. The fraction of sp³-hybridized carbons (Fsp3) is 0.241. The van der Waals surface area contributed by atoms with Crippen molar-refractivity contribution in [1.29, 1.82) is 0 Å². The van der Waals surface area contributed by atoms with Crippen LogP contribution in [-0.4, -0.2) is 37.5 Å². The van der Waals surface area contributed by atoms with E-state index in [1.807, 2.05) is 81.4 Å². The Morgan fingerprint density at radius 1 is 1.00 bits per heavy atom. The zero-order valence-corrected chi connectivity index (χ0v) is 20.5. The van der Waals surface area contributed by atoms with Crippen molar-refractivity contribution in [2.75, 3.05) is 30.5 Å². The third-order valence-corrected chi connectivity index (χ3v) is 6.05.